The molecule has 1 N–H and O–H groups in total. The van der Waals surface area contributed by atoms with E-state index in [1.54, 1.807) is 0 Å². The average Bonchev–Trinajstić information content (AvgIpc) is 2.27. The van der Waals surface area contributed by atoms with Gasteiger partial charge < -0.3 is 5.32 Å². The zero-order chi connectivity index (χ0) is 14.2. The van der Waals surface area contributed by atoms with Crippen molar-refractivity contribution in [2.75, 3.05) is 5.32 Å². The Bertz CT molecular complexity index is 471. The molecular formula is C15H20F3N. The lowest BCUT2D eigenvalue weighted by Gasteiger charge is -2.39. The normalized spacial score (nSPS) is 26.2. The smallest absolute Gasteiger partial charge is 0.196 e. The molecule has 1 aliphatic rings. The fourth-order valence-corrected chi connectivity index (χ4v) is 3.31. The third kappa shape index (κ3) is 3.23. The van der Waals surface area contributed by atoms with Crippen LogP contribution in [0.5, 0.6) is 0 Å². The van der Waals surface area contributed by atoms with Crippen LogP contribution in [0.4, 0.5) is 18.9 Å². The van der Waals surface area contributed by atoms with Gasteiger partial charge in [0.2, 0.25) is 0 Å². The summed E-state index contributed by atoms with van der Waals surface area (Å²) in [5.74, 6) is -3.15. The van der Waals surface area contributed by atoms with Crippen molar-refractivity contribution in [1.82, 2.24) is 0 Å². The van der Waals surface area contributed by atoms with Crippen LogP contribution in [0.3, 0.4) is 0 Å². The summed E-state index contributed by atoms with van der Waals surface area (Å²) in [6.07, 6.45) is 2.95. The predicted molar refractivity (Wildman–Crippen MR) is 70.5 cm³/mol. The lowest BCUT2D eigenvalue weighted by atomic mass is 9.70. The van der Waals surface area contributed by atoms with Crippen molar-refractivity contribution in [2.24, 2.45) is 11.3 Å². The van der Waals surface area contributed by atoms with Gasteiger partial charge in [-0.25, -0.2) is 13.2 Å². The molecule has 0 saturated heterocycles. The minimum atomic E-state index is -1.41. The molecule has 2 rings (SSSR count). The molecule has 0 aliphatic heterocycles. The number of benzene rings is 1. The van der Waals surface area contributed by atoms with Crippen molar-refractivity contribution in [3.63, 3.8) is 0 Å². The molecule has 1 saturated carbocycles. The summed E-state index contributed by atoms with van der Waals surface area (Å²) in [5.41, 5.74) is 0.235. The largest absolute Gasteiger partial charge is 0.380 e. The highest BCUT2D eigenvalue weighted by atomic mass is 19.2. The van der Waals surface area contributed by atoms with Gasteiger partial charge in [-0.3, -0.25) is 0 Å². The van der Waals surface area contributed by atoms with Gasteiger partial charge in [0.05, 0.1) is 5.69 Å². The lowest BCUT2D eigenvalue weighted by Crippen LogP contribution is -2.35. The van der Waals surface area contributed by atoms with Gasteiger partial charge in [-0.05, 0) is 42.7 Å². The van der Waals surface area contributed by atoms with E-state index < -0.39 is 17.5 Å². The molecule has 19 heavy (non-hydrogen) atoms. The van der Waals surface area contributed by atoms with Crippen molar-refractivity contribution >= 4 is 5.69 Å². The molecule has 1 fully saturated rings. The van der Waals surface area contributed by atoms with Gasteiger partial charge in [-0.2, -0.15) is 0 Å². The first kappa shape index (κ1) is 14.2. The summed E-state index contributed by atoms with van der Waals surface area (Å²) in [4.78, 5) is 0. The van der Waals surface area contributed by atoms with Crippen molar-refractivity contribution in [3.05, 3.63) is 29.6 Å². The van der Waals surface area contributed by atoms with Crippen molar-refractivity contribution in [1.29, 1.82) is 0 Å². The zero-order valence-corrected chi connectivity index (χ0v) is 11.6. The maximum atomic E-state index is 13.6. The molecular weight excluding hydrogens is 251 g/mol. The molecule has 0 radical (unpaired) electrons. The van der Waals surface area contributed by atoms with Gasteiger partial charge in [0, 0.05) is 6.04 Å². The quantitative estimate of drug-likeness (QED) is 0.767. The minimum Gasteiger partial charge on any atom is -0.380 e. The fourth-order valence-electron chi connectivity index (χ4n) is 3.31. The highest BCUT2D eigenvalue weighted by molar-refractivity contribution is 5.46. The molecule has 2 unspecified atom stereocenters. The van der Waals surface area contributed by atoms with Gasteiger partial charge in [-0.1, -0.05) is 20.8 Å². The van der Waals surface area contributed by atoms with Crippen LogP contribution in [-0.4, -0.2) is 6.04 Å². The summed E-state index contributed by atoms with van der Waals surface area (Å²) in [7, 11) is 0. The summed E-state index contributed by atoms with van der Waals surface area (Å²) in [5, 5.41) is 3.02. The molecule has 1 aliphatic carbocycles. The van der Waals surface area contributed by atoms with Crippen molar-refractivity contribution in [2.45, 2.75) is 46.1 Å². The van der Waals surface area contributed by atoms with Crippen LogP contribution in [0.2, 0.25) is 0 Å². The van der Waals surface area contributed by atoms with E-state index in [9.17, 15) is 13.2 Å². The number of anilines is 1. The second-order valence-electron chi connectivity index (χ2n) is 6.48. The lowest BCUT2D eigenvalue weighted by molar-refractivity contribution is 0.177. The second kappa shape index (κ2) is 5.06. The molecule has 1 aromatic rings. The van der Waals surface area contributed by atoms with E-state index in [2.05, 4.69) is 26.1 Å². The van der Waals surface area contributed by atoms with Crippen LogP contribution in [0.15, 0.2) is 12.1 Å². The Hall–Kier alpha value is -1.19. The van der Waals surface area contributed by atoms with E-state index in [0.717, 1.165) is 25.3 Å². The Morgan fingerprint density at radius 1 is 1.11 bits per heavy atom. The standard InChI is InChI=1S/C15H20F3N/c1-9-6-10(8-15(2,3)7-9)19-12-5-4-11(16)13(17)14(12)18/h4-5,9-10,19H,6-8H2,1-3H3. The minimum absolute atomic E-state index is 0.0498. The van der Waals surface area contributed by atoms with Crippen molar-refractivity contribution in [3.8, 4) is 0 Å². The van der Waals surface area contributed by atoms with Crippen LogP contribution in [-0.2, 0) is 0 Å². The predicted octanol–water partition coefficient (Wildman–Crippen LogP) is 4.73. The monoisotopic (exact) mass is 271 g/mol. The SMILES string of the molecule is CC1CC(Nc2ccc(F)c(F)c2F)CC(C)(C)C1. The Balaban J connectivity index is 2.15. The van der Waals surface area contributed by atoms with Crippen molar-refractivity contribution < 1.29 is 13.2 Å². The van der Waals surface area contributed by atoms with Gasteiger partial charge >= 0.3 is 0 Å². The maximum absolute atomic E-state index is 13.6. The molecule has 0 heterocycles. The number of rotatable bonds is 2. The maximum Gasteiger partial charge on any atom is 0.196 e. The van der Waals surface area contributed by atoms with E-state index >= 15 is 0 Å². The highest BCUT2D eigenvalue weighted by Crippen LogP contribution is 2.39. The Morgan fingerprint density at radius 2 is 1.79 bits per heavy atom. The van der Waals surface area contributed by atoms with E-state index in [0.29, 0.717) is 5.92 Å². The van der Waals surface area contributed by atoms with Crippen LogP contribution >= 0.6 is 0 Å². The molecule has 106 valence electrons. The Morgan fingerprint density at radius 3 is 2.42 bits per heavy atom. The number of hydrogen-bond donors (Lipinski definition) is 1. The fraction of sp³-hybridized carbons (Fsp3) is 0.600. The molecule has 4 heteroatoms. The number of hydrogen-bond acceptors (Lipinski definition) is 1. The number of halogens is 3. The molecule has 0 amide bonds. The molecule has 1 aromatic carbocycles. The van der Waals surface area contributed by atoms with Gasteiger partial charge in [0.25, 0.3) is 0 Å². The third-order valence-electron chi connectivity index (χ3n) is 3.78. The van der Waals surface area contributed by atoms with Gasteiger partial charge in [0.1, 0.15) is 0 Å². The van der Waals surface area contributed by atoms with Crippen LogP contribution < -0.4 is 5.32 Å². The van der Waals surface area contributed by atoms with E-state index in [-0.39, 0.29) is 17.1 Å². The van der Waals surface area contributed by atoms with Gasteiger partial charge in [-0.15, -0.1) is 0 Å². The number of nitrogens with one attached hydrogen (secondary N) is 1. The van der Waals surface area contributed by atoms with Crippen LogP contribution in [0.25, 0.3) is 0 Å². The summed E-state index contributed by atoms with van der Waals surface area (Å²) in [6.45, 7) is 6.52. The van der Waals surface area contributed by atoms with Gasteiger partial charge in [0.15, 0.2) is 17.5 Å². The third-order valence-corrected chi connectivity index (χ3v) is 3.78. The average molecular weight is 271 g/mol. The first-order chi connectivity index (χ1) is 8.78. The Labute approximate surface area is 112 Å². The summed E-state index contributed by atoms with van der Waals surface area (Å²) >= 11 is 0. The molecule has 0 spiro atoms. The van der Waals surface area contributed by atoms with E-state index in [1.807, 2.05) is 0 Å². The summed E-state index contributed by atoms with van der Waals surface area (Å²) < 4.78 is 39.7. The van der Waals surface area contributed by atoms with Crippen LogP contribution in [0.1, 0.15) is 40.0 Å². The molecule has 1 nitrogen and oxygen atoms in total. The first-order valence-electron chi connectivity index (χ1n) is 6.68. The molecule has 2 atom stereocenters. The van der Waals surface area contributed by atoms with E-state index in [1.165, 1.54) is 6.07 Å². The summed E-state index contributed by atoms with van der Waals surface area (Å²) in [6, 6.07) is 2.32. The zero-order valence-electron chi connectivity index (χ0n) is 11.6. The van der Waals surface area contributed by atoms with E-state index in [4.69, 9.17) is 0 Å². The first-order valence-corrected chi connectivity index (χ1v) is 6.68. The topological polar surface area (TPSA) is 12.0 Å². The second-order valence-corrected chi connectivity index (χ2v) is 6.48. The molecule has 0 bridgehead atoms. The Kier molecular flexibility index (Phi) is 3.79. The van der Waals surface area contributed by atoms with Crippen LogP contribution in [0, 0.1) is 28.8 Å². The highest BCUT2D eigenvalue weighted by Gasteiger charge is 2.32. The molecule has 0 aromatic heterocycles.